The highest BCUT2D eigenvalue weighted by atomic mass is 19.4. The summed E-state index contributed by atoms with van der Waals surface area (Å²) in [5, 5.41) is 11.8. The van der Waals surface area contributed by atoms with Crippen molar-refractivity contribution in [2.24, 2.45) is 0 Å². The first-order valence-corrected chi connectivity index (χ1v) is 16.3. The fourth-order valence-electron chi connectivity index (χ4n) is 5.98. The van der Waals surface area contributed by atoms with Crippen LogP contribution in [0.1, 0.15) is 36.7 Å². The highest BCUT2D eigenvalue weighted by molar-refractivity contribution is 6.04. The average molecular weight is 749 g/mol. The van der Waals surface area contributed by atoms with E-state index in [1.807, 2.05) is 4.68 Å². The fraction of sp³-hybridized carbons (Fsp3) is 0.216. The number of benzene rings is 3. The van der Waals surface area contributed by atoms with Crippen molar-refractivity contribution < 1.29 is 45.8 Å². The lowest BCUT2D eigenvalue weighted by Crippen LogP contribution is -2.30. The van der Waals surface area contributed by atoms with Gasteiger partial charge in [-0.15, -0.1) is 0 Å². The summed E-state index contributed by atoms with van der Waals surface area (Å²) in [5.74, 6) is -3.11. The van der Waals surface area contributed by atoms with Crippen molar-refractivity contribution in [1.29, 1.82) is 0 Å². The van der Waals surface area contributed by atoms with E-state index in [2.05, 4.69) is 15.5 Å². The van der Waals surface area contributed by atoms with E-state index in [9.17, 15) is 31.9 Å². The molecule has 1 amide bonds. The zero-order valence-corrected chi connectivity index (χ0v) is 28.7. The summed E-state index contributed by atoms with van der Waals surface area (Å²) in [6.45, 7) is 4.05. The number of pyridine rings is 1. The fourth-order valence-corrected chi connectivity index (χ4v) is 5.98. The quantitative estimate of drug-likeness (QED) is 0.157. The summed E-state index contributed by atoms with van der Waals surface area (Å²) in [6, 6.07) is 11.4. The molecule has 0 spiro atoms. The van der Waals surface area contributed by atoms with Crippen LogP contribution in [0.5, 0.6) is 17.4 Å². The monoisotopic (exact) mass is 748 g/mol. The molecule has 0 atom stereocenters. The average Bonchev–Trinajstić information content (AvgIpc) is 3.85. The van der Waals surface area contributed by atoms with E-state index < -0.39 is 59.0 Å². The molecule has 0 fully saturated rings. The van der Waals surface area contributed by atoms with Gasteiger partial charge in [-0.25, -0.2) is 18.1 Å². The van der Waals surface area contributed by atoms with Gasteiger partial charge in [0.2, 0.25) is 5.88 Å². The van der Waals surface area contributed by atoms with E-state index in [-0.39, 0.29) is 22.9 Å². The van der Waals surface area contributed by atoms with Gasteiger partial charge < -0.3 is 19.5 Å². The smallest absolute Gasteiger partial charge is 0.435 e. The predicted molar refractivity (Wildman–Crippen MR) is 184 cm³/mol. The molecular weight excluding hydrogens is 719 g/mol. The van der Waals surface area contributed by atoms with Crippen molar-refractivity contribution in [3.63, 3.8) is 0 Å². The maximum atomic E-state index is 15.7. The Morgan fingerprint density at radius 3 is 2.39 bits per heavy atom. The van der Waals surface area contributed by atoms with Crippen molar-refractivity contribution in [3.8, 4) is 34.2 Å². The molecule has 7 rings (SSSR count). The van der Waals surface area contributed by atoms with E-state index in [0.29, 0.717) is 28.7 Å². The van der Waals surface area contributed by atoms with E-state index in [1.54, 1.807) is 33.0 Å². The minimum absolute atomic E-state index is 0.0682. The van der Waals surface area contributed by atoms with Gasteiger partial charge in [0.25, 0.3) is 11.5 Å². The number of amides is 1. The first kappa shape index (κ1) is 35.9. The Morgan fingerprint density at radius 1 is 0.926 bits per heavy atom. The maximum Gasteiger partial charge on any atom is 0.435 e. The number of aryl methyl sites for hydroxylation is 2. The van der Waals surface area contributed by atoms with E-state index in [4.69, 9.17) is 14.2 Å². The third-order valence-corrected chi connectivity index (χ3v) is 8.18. The number of hydrogen-bond acceptors (Lipinski definition) is 8. The van der Waals surface area contributed by atoms with Gasteiger partial charge in [0.1, 0.15) is 22.7 Å². The Labute approximate surface area is 302 Å². The summed E-state index contributed by atoms with van der Waals surface area (Å²) in [6.07, 6.45) is -0.225. The van der Waals surface area contributed by atoms with Gasteiger partial charge in [-0.05, 0) is 87.4 Å². The minimum Gasteiger partial charge on any atom is -0.469 e. The number of aromatic nitrogens is 5. The second-order valence-electron chi connectivity index (χ2n) is 13.2. The van der Waals surface area contributed by atoms with Crippen molar-refractivity contribution in [2.45, 2.75) is 45.5 Å². The van der Waals surface area contributed by atoms with Crippen LogP contribution in [-0.4, -0.2) is 54.5 Å². The zero-order valence-electron chi connectivity index (χ0n) is 28.7. The Balaban J connectivity index is 1.17. The lowest BCUT2D eigenvalue weighted by atomic mass is 9.97. The Bertz CT molecular complexity index is 2500. The topological polar surface area (TPSA) is 132 Å². The van der Waals surface area contributed by atoms with Crippen LogP contribution in [0.25, 0.3) is 27.7 Å². The van der Waals surface area contributed by atoms with Gasteiger partial charge in [-0.1, -0.05) is 0 Å². The van der Waals surface area contributed by atoms with E-state index in [0.717, 1.165) is 63.6 Å². The summed E-state index contributed by atoms with van der Waals surface area (Å²) in [7, 11) is 0. The van der Waals surface area contributed by atoms with Crippen LogP contribution >= 0.6 is 0 Å². The molecular formula is C37H29F5N6O6. The highest BCUT2D eigenvalue weighted by Gasteiger charge is 2.30. The number of carbonyl (C=O) groups is 2. The lowest BCUT2D eigenvalue weighted by molar-refractivity contribution is -0.154. The van der Waals surface area contributed by atoms with Crippen molar-refractivity contribution >= 4 is 28.6 Å². The van der Waals surface area contributed by atoms with Crippen LogP contribution in [-0.2, 0) is 17.7 Å². The molecule has 1 N–H and O–H groups in total. The summed E-state index contributed by atoms with van der Waals surface area (Å²) in [4.78, 5) is 39.5. The van der Waals surface area contributed by atoms with Gasteiger partial charge in [-0.3, -0.25) is 14.3 Å². The largest absolute Gasteiger partial charge is 0.469 e. The molecule has 3 aromatic heterocycles. The number of alkyl halides is 3. The molecule has 54 heavy (non-hydrogen) atoms. The van der Waals surface area contributed by atoms with Crippen molar-refractivity contribution in [1.82, 2.24) is 24.1 Å². The van der Waals surface area contributed by atoms with Crippen LogP contribution in [0, 0.1) is 11.6 Å². The van der Waals surface area contributed by atoms with Gasteiger partial charge in [0, 0.05) is 41.0 Å². The van der Waals surface area contributed by atoms with Crippen molar-refractivity contribution in [3.05, 3.63) is 112 Å². The molecule has 0 bridgehead atoms. The second-order valence-corrected chi connectivity index (χ2v) is 13.2. The molecule has 17 heteroatoms. The van der Waals surface area contributed by atoms with Crippen LogP contribution in [0.15, 0.2) is 84.0 Å². The third-order valence-electron chi connectivity index (χ3n) is 8.18. The van der Waals surface area contributed by atoms with Crippen LogP contribution in [0.4, 0.5) is 32.4 Å². The van der Waals surface area contributed by atoms with Gasteiger partial charge >= 0.3 is 12.3 Å². The number of anilines is 1. The van der Waals surface area contributed by atoms with Crippen LogP contribution in [0.2, 0.25) is 0 Å². The minimum atomic E-state index is -4.74. The molecule has 0 aliphatic carbocycles. The first-order valence-electron chi connectivity index (χ1n) is 16.3. The molecule has 1 aliphatic rings. The molecule has 3 aromatic carbocycles. The standard InChI is InChI=1S/C37H29F5N6O6/c1-36(2,3)54-35(51)47-18-21(17-44-47)31-25-12-13-46-32(25)20(16-43-46)14-29(31)53-28-10-6-23(15-27(28)39)45-33(49)26-9-11-30(52-19-37(40,41)42)48(34(26)50)24-7-4-22(38)5-8-24/h4-11,14-18H,12-13,19H2,1-3H3,(H,45,49). The number of hydrogen-bond donors (Lipinski definition) is 1. The summed E-state index contributed by atoms with van der Waals surface area (Å²) in [5.41, 5.74) is 0.277. The number of carbonyl (C=O) groups excluding carboxylic acids is 2. The Hall–Kier alpha value is -6.52. The second kappa shape index (κ2) is 13.5. The number of nitrogens with zero attached hydrogens (tertiary/aromatic N) is 5. The number of halogens is 5. The zero-order chi connectivity index (χ0) is 38.5. The summed E-state index contributed by atoms with van der Waals surface area (Å²) < 4.78 is 88.1. The number of nitrogens with one attached hydrogen (secondary N) is 1. The molecule has 1 aliphatic heterocycles. The van der Waals surface area contributed by atoms with Gasteiger partial charge in [0.15, 0.2) is 18.2 Å². The van der Waals surface area contributed by atoms with Gasteiger partial charge in [-0.2, -0.15) is 28.1 Å². The molecule has 4 heterocycles. The molecule has 6 aromatic rings. The molecule has 0 saturated heterocycles. The molecule has 0 radical (unpaired) electrons. The Kier molecular flexibility index (Phi) is 8.95. The number of ether oxygens (including phenoxy) is 3. The molecule has 0 unspecified atom stereocenters. The first-order chi connectivity index (χ1) is 25.5. The molecule has 0 saturated carbocycles. The SMILES string of the molecule is CC(C)(C)OC(=O)n1cc(-c2c(Oc3ccc(NC(=O)c4ccc(OCC(F)(F)F)n(-c5ccc(F)cc5)c4=O)cc3F)cc3cnn4c3c2CC4)cn1. The third kappa shape index (κ3) is 7.24. The predicted octanol–water partition coefficient (Wildman–Crippen LogP) is 7.65. The van der Waals surface area contributed by atoms with Crippen LogP contribution < -0.4 is 20.3 Å². The lowest BCUT2D eigenvalue weighted by Gasteiger charge is -2.18. The van der Waals surface area contributed by atoms with Gasteiger partial charge in [0.05, 0.1) is 23.6 Å². The van der Waals surface area contributed by atoms with E-state index in [1.165, 1.54) is 24.5 Å². The molecule has 278 valence electrons. The number of rotatable bonds is 8. The summed E-state index contributed by atoms with van der Waals surface area (Å²) >= 11 is 0. The van der Waals surface area contributed by atoms with E-state index >= 15 is 4.39 Å². The maximum absolute atomic E-state index is 15.7. The Morgan fingerprint density at radius 2 is 1.69 bits per heavy atom. The van der Waals surface area contributed by atoms with Crippen molar-refractivity contribution in [2.75, 3.05) is 11.9 Å². The molecule has 12 nitrogen and oxygen atoms in total. The van der Waals surface area contributed by atoms with Crippen LogP contribution in [0.3, 0.4) is 0 Å². The highest BCUT2D eigenvalue weighted by Crippen LogP contribution is 2.43. The normalized spacial score (nSPS) is 12.6.